The van der Waals surface area contributed by atoms with Crippen LogP contribution in [0, 0.1) is 0 Å². The molecule has 1 N–H and O–H groups in total. The molecule has 0 aliphatic rings. The number of unbranched alkanes of at least 4 members (excludes halogenated alkanes) is 2. The Balaban J connectivity index is 3.22. The molecule has 0 aromatic rings. The molecule has 0 saturated carbocycles. The topological polar surface area (TPSA) is 38.3 Å². The van der Waals surface area contributed by atoms with Crippen LogP contribution < -0.4 is 5.48 Å². The minimum absolute atomic E-state index is 0.0165. The van der Waals surface area contributed by atoms with Crippen LogP contribution in [0.5, 0.6) is 0 Å². The summed E-state index contributed by atoms with van der Waals surface area (Å²) in [5.41, 5.74) is 2.40. The van der Waals surface area contributed by atoms with Crippen molar-refractivity contribution >= 4 is 5.91 Å². The molecule has 0 bridgehead atoms. The van der Waals surface area contributed by atoms with Crippen molar-refractivity contribution in [3.8, 4) is 0 Å². The Morgan fingerprint density at radius 2 is 2.08 bits per heavy atom. The second kappa shape index (κ2) is 7.10. The van der Waals surface area contributed by atoms with Crippen molar-refractivity contribution in [2.24, 2.45) is 0 Å². The zero-order valence-corrected chi connectivity index (χ0v) is 8.22. The molecular formula is C9H19NO2. The first-order valence-electron chi connectivity index (χ1n) is 4.61. The Kier molecular flexibility index (Phi) is 6.76. The highest BCUT2D eigenvalue weighted by Gasteiger charge is 2.00. The molecule has 0 spiro atoms. The first kappa shape index (κ1) is 11.4. The lowest BCUT2D eigenvalue weighted by molar-refractivity contribution is -0.137. The molecule has 0 saturated heterocycles. The van der Waals surface area contributed by atoms with E-state index in [-0.39, 0.29) is 12.0 Å². The van der Waals surface area contributed by atoms with Gasteiger partial charge in [-0.15, -0.1) is 0 Å². The summed E-state index contributed by atoms with van der Waals surface area (Å²) >= 11 is 0. The molecule has 0 radical (unpaired) electrons. The summed E-state index contributed by atoms with van der Waals surface area (Å²) in [6.07, 6.45) is 3.82. The normalized spacial score (nSPS) is 10.3. The van der Waals surface area contributed by atoms with Crippen molar-refractivity contribution in [3.05, 3.63) is 0 Å². The maximum Gasteiger partial charge on any atom is 0.243 e. The highest BCUT2D eigenvalue weighted by molar-refractivity contribution is 5.74. The Labute approximate surface area is 74.4 Å². The molecule has 1 amide bonds. The van der Waals surface area contributed by atoms with Gasteiger partial charge in [0.25, 0.3) is 0 Å². The monoisotopic (exact) mass is 173 g/mol. The Hall–Kier alpha value is -0.570. The molecule has 0 fully saturated rings. The summed E-state index contributed by atoms with van der Waals surface area (Å²) in [6.45, 7) is 5.88. The number of nitrogens with one attached hydrogen (secondary N) is 1. The molecule has 0 aliphatic carbocycles. The van der Waals surface area contributed by atoms with Crippen LogP contribution in [0.1, 0.15) is 46.5 Å². The van der Waals surface area contributed by atoms with Crippen LogP contribution in [-0.2, 0) is 9.63 Å². The molecule has 72 valence electrons. The fraction of sp³-hybridized carbons (Fsp3) is 0.889. The van der Waals surface area contributed by atoms with Crippen LogP contribution >= 0.6 is 0 Å². The summed E-state index contributed by atoms with van der Waals surface area (Å²) < 4.78 is 0. The molecule has 3 heteroatoms. The number of hydroxylamine groups is 1. The molecule has 12 heavy (non-hydrogen) atoms. The minimum atomic E-state index is -0.0165. The van der Waals surface area contributed by atoms with Gasteiger partial charge in [0.1, 0.15) is 0 Å². The number of carbonyl (C=O) groups is 1. The number of hydrogen-bond acceptors (Lipinski definition) is 2. The fourth-order valence-corrected chi connectivity index (χ4v) is 0.770. The number of hydrogen-bond donors (Lipinski definition) is 1. The van der Waals surface area contributed by atoms with Gasteiger partial charge in [0.2, 0.25) is 5.91 Å². The third-order valence-electron chi connectivity index (χ3n) is 1.42. The third-order valence-corrected chi connectivity index (χ3v) is 1.42. The largest absolute Gasteiger partial charge is 0.273 e. The highest BCUT2D eigenvalue weighted by atomic mass is 16.7. The van der Waals surface area contributed by atoms with Gasteiger partial charge in [-0.25, -0.2) is 5.48 Å². The van der Waals surface area contributed by atoms with E-state index in [9.17, 15) is 4.79 Å². The molecule has 0 rings (SSSR count). The molecule has 0 atom stereocenters. The Morgan fingerprint density at radius 3 is 2.58 bits per heavy atom. The molecule has 0 unspecified atom stereocenters. The first-order chi connectivity index (χ1) is 5.66. The van der Waals surface area contributed by atoms with E-state index in [0.717, 1.165) is 19.3 Å². The van der Waals surface area contributed by atoms with Crippen LogP contribution in [0.15, 0.2) is 0 Å². The van der Waals surface area contributed by atoms with Gasteiger partial charge >= 0.3 is 0 Å². The smallest absolute Gasteiger partial charge is 0.243 e. The van der Waals surface area contributed by atoms with E-state index in [4.69, 9.17) is 4.84 Å². The van der Waals surface area contributed by atoms with Crippen molar-refractivity contribution in [2.75, 3.05) is 0 Å². The van der Waals surface area contributed by atoms with Crippen molar-refractivity contribution in [2.45, 2.75) is 52.6 Å². The number of rotatable bonds is 6. The van der Waals surface area contributed by atoms with Gasteiger partial charge < -0.3 is 0 Å². The standard InChI is InChI=1S/C9H19NO2/c1-4-5-6-7-9(11)10-12-8(2)3/h8H,4-7H2,1-3H3,(H,10,11). The summed E-state index contributed by atoms with van der Waals surface area (Å²) in [5, 5.41) is 0. The predicted octanol–water partition coefficient (Wildman–Crippen LogP) is 2.02. The van der Waals surface area contributed by atoms with Gasteiger partial charge in [-0.05, 0) is 20.3 Å². The zero-order chi connectivity index (χ0) is 9.40. The van der Waals surface area contributed by atoms with Crippen LogP contribution in [0.25, 0.3) is 0 Å². The number of amides is 1. The highest BCUT2D eigenvalue weighted by Crippen LogP contribution is 1.98. The Morgan fingerprint density at radius 1 is 1.42 bits per heavy atom. The lowest BCUT2D eigenvalue weighted by Gasteiger charge is -2.07. The van der Waals surface area contributed by atoms with E-state index in [1.54, 1.807) is 0 Å². The molecule has 0 aliphatic heterocycles. The van der Waals surface area contributed by atoms with Crippen LogP contribution in [0.2, 0.25) is 0 Å². The molecular weight excluding hydrogens is 154 g/mol. The number of carbonyl (C=O) groups excluding carboxylic acids is 1. The van der Waals surface area contributed by atoms with Crippen molar-refractivity contribution in [3.63, 3.8) is 0 Å². The average molecular weight is 173 g/mol. The second-order valence-corrected chi connectivity index (χ2v) is 3.15. The van der Waals surface area contributed by atoms with E-state index in [1.165, 1.54) is 0 Å². The van der Waals surface area contributed by atoms with Crippen LogP contribution in [0.4, 0.5) is 0 Å². The van der Waals surface area contributed by atoms with E-state index in [2.05, 4.69) is 12.4 Å². The average Bonchev–Trinajstić information content (AvgIpc) is 2.01. The van der Waals surface area contributed by atoms with Gasteiger partial charge in [-0.2, -0.15) is 0 Å². The lowest BCUT2D eigenvalue weighted by atomic mass is 10.2. The summed E-state index contributed by atoms with van der Waals surface area (Å²) in [4.78, 5) is 15.9. The maximum atomic E-state index is 11.0. The molecule has 3 nitrogen and oxygen atoms in total. The van der Waals surface area contributed by atoms with Gasteiger partial charge in [0, 0.05) is 6.42 Å². The van der Waals surface area contributed by atoms with Crippen molar-refractivity contribution in [1.82, 2.24) is 5.48 Å². The van der Waals surface area contributed by atoms with Gasteiger partial charge in [-0.1, -0.05) is 19.8 Å². The van der Waals surface area contributed by atoms with E-state index in [1.807, 2.05) is 13.8 Å². The van der Waals surface area contributed by atoms with E-state index >= 15 is 0 Å². The van der Waals surface area contributed by atoms with Crippen LogP contribution in [-0.4, -0.2) is 12.0 Å². The quantitative estimate of drug-likeness (QED) is 0.493. The maximum absolute atomic E-state index is 11.0. The summed E-state index contributed by atoms with van der Waals surface area (Å²) in [6, 6.07) is 0. The van der Waals surface area contributed by atoms with Gasteiger partial charge in [-0.3, -0.25) is 9.63 Å². The molecule has 0 aromatic carbocycles. The minimum Gasteiger partial charge on any atom is -0.273 e. The summed E-state index contributed by atoms with van der Waals surface area (Å²) in [7, 11) is 0. The molecule has 0 aromatic heterocycles. The van der Waals surface area contributed by atoms with E-state index in [0.29, 0.717) is 6.42 Å². The van der Waals surface area contributed by atoms with Gasteiger partial charge in [0.15, 0.2) is 0 Å². The zero-order valence-electron chi connectivity index (χ0n) is 8.22. The second-order valence-electron chi connectivity index (χ2n) is 3.15. The van der Waals surface area contributed by atoms with Crippen molar-refractivity contribution < 1.29 is 9.63 Å². The van der Waals surface area contributed by atoms with Crippen molar-refractivity contribution in [1.29, 1.82) is 0 Å². The van der Waals surface area contributed by atoms with Gasteiger partial charge in [0.05, 0.1) is 6.10 Å². The van der Waals surface area contributed by atoms with E-state index < -0.39 is 0 Å². The predicted molar refractivity (Wildman–Crippen MR) is 48.5 cm³/mol. The SMILES string of the molecule is CCCCCC(=O)NOC(C)C. The lowest BCUT2D eigenvalue weighted by Crippen LogP contribution is -2.26. The third kappa shape index (κ3) is 7.54. The molecule has 0 heterocycles. The fourth-order valence-electron chi connectivity index (χ4n) is 0.770. The summed E-state index contributed by atoms with van der Waals surface area (Å²) in [5.74, 6) is -0.0165. The Bertz CT molecular complexity index is 124. The first-order valence-corrected chi connectivity index (χ1v) is 4.61. The van der Waals surface area contributed by atoms with Crippen LogP contribution in [0.3, 0.4) is 0 Å².